The molecule has 0 bridgehead atoms. The Bertz CT molecular complexity index is 242. The SMILES string of the molecule is NCCCOc1cccnc1Br. The van der Waals surface area contributed by atoms with Crippen LogP contribution in [0, 0.1) is 0 Å². The van der Waals surface area contributed by atoms with E-state index in [-0.39, 0.29) is 0 Å². The van der Waals surface area contributed by atoms with Gasteiger partial charge in [-0.2, -0.15) is 0 Å². The third-order valence-corrected chi connectivity index (χ3v) is 1.93. The Balaban J connectivity index is 2.46. The molecule has 3 nitrogen and oxygen atoms in total. The fourth-order valence-electron chi connectivity index (χ4n) is 0.744. The van der Waals surface area contributed by atoms with Gasteiger partial charge in [0.1, 0.15) is 4.60 Å². The molecule has 0 saturated carbocycles. The molecule has 0 amide bonds. The second-order valence-corrected chi connectivity index (χ2v) is 3.03. The van der Waals surface area contributed by atoms with Crippen molar-refractivity contribution in [1.29, 1.82) is 0 Å². The third-order valence-electron chi connectivity index (χ3n) is 1.33. The summed E-state index contributed by atoms with van der Waals surface area (Å²) in [7, 11) is 0. The van der Waals surface area contributed by atoms with Crippen LogP contribution in [0.25, 0.3) is 0 Å². The number of nitrogens with zero attached hydrogens (tertiary/aromatic N) is 1. The van der Waals surface area contributed by atoms with Gasteiger partial charge in [0.05, 0.1) is 6.61 Å². The van der Waals surface area contributed by atoms with Crippen molar-refractivity contribution in [2.24, 2.45) is 5.73 Å². The van der Waals surface area contributed by atoms with Crippen LogP contribution in [-0.4, -0.2) is 18.1 Å². The Morgan fingerprint density at radius 1 is 1.58 bits per heavy atom. The number of hydrogen-bond donors (Lipinski definition) is 1. The van der Waals surface area contributed by atoms with Crippen LogP contribution in [0.4, 0.5) is 0 Å². The van der Waals surface area contributed by atoms with Crippen LogP contribution in [0.5, 0.6) is 5.75 Å². The average molecular weight is 231 g/mol. The van der Waals surface area contributed by atoms with Gasteiger partial charge >= 0.3 is 0 Å². The monoisotopic (exact) mass is 230 g/mol. The highest BCUT2D eigenvalue weighted by atomic mass is 79.9. The lowest BCUT2D eigenvalue weighted by Crippen LogP contribution is -2.06. The Kier molecular flexibility index (Phi) is 4.04. The maximum absolute atomic E-state index is 5.39. The molecular formula is C8H11BrN2O. The van der Waals surface area contributed by atoms with Gasteiger partial charge in [0.15, 0.2) is 5.75 Å². The Labute approximate surface area is 80.1 Å². The zero-order chi connectivity index (χ0) is 8.81. The topological polar surface area (TPSA) is 48.1 Å². The number of aromatic nitrogens is 1. The van der Waals surface area contributed by atoms with Gasteiger partial charge < -0.3 is 10.5 Å². The number of ether oxygens (including phenoxy) is 1. The number of nitrogens with two attached hydrogens (primary N) is 1. The van der Waals surface area contributed by atoms with Gasteiger partial charge in [-0.1, -0.05) is 0 Å². The molecule has 0 aromatic carbocycles. The molecule has 4 heteroatoms. The molecule has 0 aliphatic heterocycles. The van der Waals surface area contributed by atoms with Crippen molar-refractivity contribution in [2.75, 3.05) is 13.2 Å². The quantitative estimate of drug-likeness (QED) is 0.632. The van der Waals surface area contributed by atoms with Gasteiger partial charge in [-0.25, -0.2) is 4.98 Å². The number of hydrogen-bond acceptors (Lipinski definition) is 3. The van der Waals surface area contributed by atoms with Gasteiger partial charge in [0, 0.05) is 6.20 Å². The first kappa shape index (κ1) is 9.48. The van der Waals surface area contributed by atoms with Crippen LogP contribution in [0.15, 0.2) is 22.9 Å². The summed E-state index contributed by atoms with van der Waals surface area (Å²) in [6.45, 7) is 1.29. The number of halogens is 1. The van der Waals surface area contributed by atoms with E-state index in [0.29, 0.717) is 13.2 Å². The minimum Gasteiger partial charge on any atom is -0.491 e. The smallest absolute Gasteiger partial charge is 0.152 e. The summed E-state index contributed by atoms with van der Waals surface area (Å²) in [5.74, 6) is 0.769. The molecule has 66 valence electrons. The summed E-state index contributed by atoms with van der Waals surface area (Å²) in [6.07, 6.45) is 2.57. The van der Waals surface area contributed by atoms with E-state index >= 15 is 0 Å². The minimum absolute atomic E-state index is 0.640. The highest BCUT2D eigenvalue weighted by Crippen LogP contribution is 2.20. The van der Waals surface area contributed by atoms with Crippen LogP contribution < -0.4 is 10.5 Å². The van der Waals surface area contributed by atoms with E-state index in [0.717, 1.165) is 16.8 Å². The molecular weight excluding hydrogens is 220 g/mol. The Morgan fingerprint density at radius 2 is 2.42 bits per heavy atom. The molecule has 0 spiro atoms. The molecule has 0 atom stereocenters. The molecule has 1 aromatic heterocycles. The summed E-state index contributed by atoms with van der Waals surface area (Å²) in [4.78, 5) is 4.02. The van der Waals surface area contributed by atoms with Crippen molar-refractivity contribution < 1.29 is 4.74 Å². The van der Waals surface area contributed by atoms with Crippen molar-refractivity contribution >= 4 is 15.9 Å². The van der Waals surface area contributed by atoms with E-state index in [1.54, 1.807) is 6.20 Å². The minimum atomic E-state index is 0.640. The van der Waals surface area contributed by atoms with E-state index in [1.165, 1.54) is 0 Å². The predicted molar refractivity (Wildman–Crippen MR) is 51.1 cm³/mol. The third kappa shape index (κ3) is 2.79. The normalized spacial score (nSPS) is 9.83. The van der Waals surface area contributed by atoms with Crippen LogP contribution in [0.2, 0.25) is 0 Å². The summed E-state index contributed by atoms with van der Waals surface area (Å²) in [6, 6.07) is 3.70. The van der Waals surface area contributed by atoms with E-state index in [9.17, 15) is 0 Å². The highest BCUT2D eigenvalue weighted by Gasteiger charge is 1.98. The van der Waals surface area contributed by atoms with Crippen molar-refractivity contribution in [3.05, 3.63) is 22.9 Å². The summed E-state index contributed by atoms with van der Waals surface area (Å²) in [5.41, 5.74) is 5.32. The average Bonchev–Trinajstić information content (AvgIpc) is 2.09. The number of pyridine rings is 1. The Morgan fingerprint density at radius 3 is 3.08 bits per heavy atom. The summed E-state index contributed by atoms with van der Waals surface area (Å²) in [5, 5.41) is 0. The maximum Gasteiger partial charge on any atom is 0.152 e. The molecule has 0 fully saturated rings. The lowest BCUT2D eigenvalue weighted by Gasteiger charge is -2.05. The largest absolute Gasteiger partial charge is 0.491 e. The lowest BCUT2D eigenvalue weighted by atomic mass is 10.4. The van der Waals surface area contributed by atoms with E-state index in [2.05, 4.69) is 20.9 Å². The molecule has 0 aliphatic rings. The Hall–Kier alpha value is -0.610. The van der Waals surface area contributed by atoms with Crippen LogP contribution in [0.1, 0.15) is 6.42 Å². The molecule has 1 rings (SSSR count). The summed E-state index contributed by atoms with van der Waals surface area (Å²) < 4.78 is 6.13. The second-order valence-electron chi connectivity index (χ2n) is 2.28. The van der Waals surface area contributed by atoms with Crippen molar-refractivity contribution in [3.63, 3.8) is 0 Å². The zero-order valence-corrected chi connectivity index (χ0v) is 8.25. The van der Waals surface area contributed by atoms with Gasteiger partial charge in [0.2, 0.25) is 0 Å². The van der Waals surface area contributed by atoms with Crippen LogP contribution >= 0.6 is 15.9 Å². The first-order valence-electron chi connectivity index (χ1n) is 3.78. The first-order chi connectivity index (χ1) is 5.84. The molecule has 0 radical (unpaired) electrons. The zero-order valence-electron chi connectivity index (χ0n) is 6.66. The molecule has 1 heterocycles. The van der Waals surface area contributed by atoms with Gasteiger partial charge in [-0.05, 0) is 41.0 Å². The fourth-order valence-corrected chi connectivity index (χ4v) is 1.11. The standard InChI is InChI=1S/C8H11BrN2O/c9-8-7(3-1-5-11-8)12-6-2-4-10/h1,3,5H,2,4,6,10H2. The van der Waals surface area contributed by atoms with Gasteiger partial charge in [-0.3, -0.25) is 0 Å². The molecule has 1 aromatic rings. The molecule has 0 saturated heterocycles. The van der Waals surface area contributed by atoms with Crippen molar-refractivity contribution in [2.45, 2.75) is 6.42 Å². The second kappa shape index (κ2) is 5.11. The highest BCUT2D eigenvalue weighted by molar-refractivity contribution is 9.10. The molecule has 2 N–H and O–H groups in total. The fraction of sp³-hybridized carbons (Fsp3) is 0.375. The lowest BCUT2D eigenvalue weighted by molar-refractivity contribution is 0.310. The van der Waals surface area contributed by atoms with Gasteiger partial charge in [-0.15, -0.1) is 0 Å². The maximum atomic E-state index is 5.39. The van der Waals surface area contributed by atoms with E-state index < -0.39 is 0 Å². The van der Waals surface area contributed by atoms with E-state index in [1.807, 2.05) is 12.1 Å². The number of rotatable bonds is 4. The first-order valence-corrected chi connectivity index (χ1v) is 4.57. The van der Waals surface area contributed by atoms with Crippen molar-refractivity contribution in [1.82, 2.24) is 4.98 Å². The van der Waals surface area contributed by atoms with Gasteiger partial charge in [0.25, 0.3) is 0 Å². The van der Waals surface area contributed by atoms with Crippen molar-refractivity contribution in [3.8, 4) is 5.75 Å². The summed E-state index contributed by atoms with van der Waals surface area (Å²) >= 11 is 3.28. The molecule has 0 aliphatic carbocycles. The molecule has 12 heavy (non-hydrogen) atoms. The van der Waals surface area contributed by atoms with E-state index in [4.69, 9.17) is 10.5 Å². The van der Waals surface area contributed by atoms with Crippen LogP contribution in [-0.2, 0) is 0 Å². The van der Waals surface area contributed by atoms with Crippen LogP contribution in [0.3, 0.4) is 0 Å². The molecule has 0 unspecified atom stereocenters. The predicted octanol–water partition coefficient (Wildman–Crippen LogP) is 1.57.